The zero-order valence-electron chi connectivity index (χ0n) is 14.4. The average Bonchev–Trinajstić information content (AvgIpc) is 3.18. The van der Waals surface area contributed by atoms with Crippen molar-refractivity contribution in [3.8, 4) is 11.1 Å². The van der Waals surface area contributed by atoms with Gasteiger partial charge in [0, 0.05) is 45.9 Å². The van der Waals surface area contributed by atoms with Crippen LogP contribution in [-0.4, -0.2) is 24.4 Å². The van der Waals surface area contributed by atoms with Gasteiger partial charge in [-0.25, -0.2) is 4.68 Å². The lowest BCUT2D eigenvalue weighted by Gasteiger charge is -2.09. The van der Waals surface area contributed by atoms with E-state index in [2.05, 4.69) is 21.6 Å². The van der Waals surface area contributed by atoms with Crippen LogP contribution >= 0.6 is 11.6 Å². The smallest absolute Gasteiger partial charge is 0.144 e. The lowest BCUT2D eigenvalue weighted by Crippen LogP contribution is -2.03. The van der Waals surface area contributed by atoms with Gasteiger partial charge >= 0.3 is 0 Å². The molecule has 1 N–H and O–H groups in total. The highest BCUT2D eigenvalue weighted by molar-refractivity contribution is 6.32. The molecule has 1 aromatic carbocycles. The number of aliphatic hydroxyl groups excluding tert-OH is 1. The number of hydrogen-bond acceptors (Lipinski definition) is 3. The summed E-state index contributed by atoms with van der Waals surface area (Å²) in [5.74, 6) is 0. The monoisotopic (exact) mass is 354 g/mol. The molecule has 6 heteroatoms. The Bertz CT molecular complexity index is 1090. The van der Waals surface area contributed by atoms with Gasteiger partial charge in [0.1, 0.15) is 6.23 Å². The Kier molecular flexibility index (Phi) is 3.78. The molecule has 5 nitrogen and oxygen atoms in total. The molecule has 0 radical (unpaired) electrons. The van der Waals surface area contributed by atoms with Crippen LogP contribution in [0.1, 0.15) is 25.8 Å². The first kappa shape index (κ1) is 16.1. The summed E-state index contributed by atoms with van der Waals surface area (Å²) in [5, 5.41) is 17.0. The van der Waals surface area contributed by atoms with Crippen LogP contribution in [0, 0.1) is 6.92 Å². The van der Waals surface area contributed by atoms with Crippen LogP contribution in [-0.2, 0) is 6.54 Å². The zero-order valence-corrected chi connectivity index (χ0v) is 15.1. The van der Waals surface area contributed by atoms with Crippen LogP contribution in [0.15, 0.2) is 36.8 Å². The van der Waals surface area contributed by atoms with E-state index in [1.54, 1.807) is 13.1 Å². The number of aryl methyl sites for hydroxylation is 2. The second-order valence-corrected chi connectivity index (χ2v) is 6.66. The Labute approximate surface area is 150 Å². The standard InChI is InChI=1S/C19H19ClN4O/c1-4-23-18-11(2)21-6-5-15(18)17-8-14(20)7-16(19(17)23)13-9-22-24(10-13)12(3)25/h5-10,12,25H,4H2,1-3H3. The highest BCUT2D eigenvalue weighted by Gasteiger charge is 2.18. The largest absolute Gasteiger partial charge is 0.372 e. The molecule has 1 atom stereocenters. The molecule has 25 heavy (non-hydrogen) atoms. The second-order valence-electron chi connectivity index (χ2n) is 6.23. The number of rotatable bonds is 3. The van der Waals surface area contributed by atoms with E-state index >= 15 is 0 Å². The lowest BCUT2D eigenvalue weighted by atomic mass is 10.0. The van der Waals surface area contributed by atoms with E-state index in [0.717, 1.165) is 45.2 Å². The third-order valence-electron chi connectivity index (χ3n) is 4.62. The molecule has 0 amide bonds. The van der Waals surface area contributed by atoms with E-state index < -0.39 is 6.23 Å². The van der Waals surface area contributed by atoms with Gasteiger partial charge in [-0.3, -0.25) is 4.98 Å². The van der Waals surface area contributed by atoms with Gasteiger partial charge in [-0.05, 0) is 39.0 Å². The fourth-order valence-corrected chi connectivity index (χ4v) is 3.76. The molecule has 0 aliphatic carbocycles. The van der Waals surface area contributed by atoms with Crippen LogP contribution in [0.3, 0.4) is 0 Å². The maximum atomic E-state index is 9.76. The molecular formula is C19H19ClN4O. The van der Waals surface area contributed by atoms with Gasteiger partial charge in [0.05, 0.1) is 22.9 Å². The van der Waals surface area contributed by atoms with Crippen molar-refractivity contribution in [3.63, 3.8) is 0 Å². The third kappa shape index (κ3) is 2.42. The van der Waals surface area contributed by atoms with Crippen LogP contribution < -0.4 is 0 Å². The van der Waals surface area contributed by atoms with Crippen LogP contribution in [0.5, 0.6) is 0 Å². The van der Waals surface area contributed by atoms with Gasteiger partial charge in [0.2, 0.25) is 0 Å². The lowest BCUT2D eigenvalue weighted by molar-refractivity contribution is 0.111. The maximum Gasteiger partial charge on any atom is 0.144 e. The second kappa shape index (κ2) is 5.86. The van der Waals surface area contributed by atoms with Gasteiger partial charge in [0.15, 0.2) is 0 Å². The van der Waals surface area contributed by atoms with E-state index in [0.29, 0.717) is 5.02 Å². The van der Waals surface area contributed by atoms with Crippen molar-refractivity contribution >= 4 is 33.4 Å². The molecule has 0 saturated heterocycles. The van der Waals surface area contributed by atoms with Gasteiger partial charge < -0.3 is 9.67 Å². The Hall–Kier alpha value is -2.37. The number of aliphatic hydroxyl groups is 1. The summed E-state index contributed by atoms with van der Waals surface area (Å²) in [6, 6.07) is 6.00. The van der Waals surface area contributed by atoms with Gasteiger partial charge in [0.25, 0.3) is 0 Å². The Morgan fingerprint density at radius 1 is 1.24 bits per heavy atom. The van der Waals surface area contributed by atoms with Gasteiger partial charge in [-0.1, -0.05) is 11.6 Å². The molecule has 0 aliphatic rings. The molecule has 0 aliphatic heterocycles. The number of aromatic nitrogens is 4. The number of hydrogen-bond donors (Lipinski definition) is 1. The summed E-state index contributed by atoms with van der Waals surface area (Å²) in [7, 11) is 0. The van der Waals surface area contributed by atoms with E-state index in [-0.39, 0.29) is 0 Å². The fourth-order valence-electron chi connectivity index (χ4n) is 3.54. The SMILES string of the molecule is CCn1c2c(-c3cnn(C(C)O)c3)cc(Cl)cc2c2ccnc(C)c21. The highest BCUT2D eigenvalue weighted by atomic mass is 35.5. The summed E-state index contributed by atoms with van der Waals surface area (Å²) in [5.41, 5.74) is 5.18. The molecule has 0 spiro atoms. The predicted molar refractivity (Wildman–Crippen MR) is 101 cm³/mol. The van der Waals surface area contributed by atoms with E-state index in [1.165, 1.54) is 4.68 Å². The fraction of sp³-hybridized carbons (Fsp3) is 0.263. The van der Waals surface area contributed by atoms with Crippen molar-refractivity contribution in [2.45, 2.75) is 33.5 Å². The van der Waals surface area contributed by atoms with Crippen LogP contribution in [0.4, 0.5) is 0 Å². The van der Waals surface area contributed by atoms with Crippen LogP contribution in [0.2, 0.25) is 5.02 Å². The molecule has 0 bridgehead atoms. The van der Waals surface area contributed by atoms with Crippen LogP contribution in [0.25, 0.3) is 32.9 Å². The van der Waals surface area contributed by atoms with Crippen molar-refractivity contribution < 1.29 is 5.11 Å². The summed E-state index contributed by atoms with van der Waals surface area (Å²) in [6.45, 7) is 6.66. The minimum Gasteiger partial charge on any atom is -0.372 e. The average molecular weight is 355 g/mol. The molecule has 4 aromatic rings. The molecule has 128 valence electrons. The first-order valence-corrected chi connectivity index (χ1v) is 8.68. The van der Waals surface area contributed by atoms with Crippen molar-refractivity contribution in [1.82, 2.24) is 19.3 Å². The van der Waals surface area contributed by atoms with E-state index in [9.17, 15) is 5.11 Å². The Morgan fingerprint density at radius 3 is 2.72 bits per heavy atom. The Balaban J connectivity index is 2.14. The number of fused-ring (bicyclic) bond motifs is 3. The summed E-state index contributed by atoms with van der Waals surface area (Å²) in [6.07, 6.45) is 4.77. The summed E-state index contributed by atoms with van der Waals surface area (Å²) in [4.78, 5) is 4.46. The zero-order chi connectivity index (χ0) is 17.7. The highest BCUT2D eigenvalue weighted by Crippen LogP contribution is 2.38. The first-order chi connectivity index (χ1) is 12.0. The topological polar surface area (TPSA) is 55.9 Å². The van der Waals surface area contributed by atoms with Gasteiger partial charge in [-0.15, -0.1) is 0 Å². The number of halogens is 1. The molecular weight excluding hydrogens is 336 g/mol. The molecule has 3 heterocycles. The predicted octanol–water partition coefficient (Wildman–Crippen LogP) is 4.55. The van der Waals surface area contributed by atoms with Crippen molar-refractivity contribution in [1.29, 1.82) is 0 Å². The van der Waals surface area contributed by atoms with Gasteiger partial charge in [-0.2, -0.15) is 5.10 Å². The number of pyridine rings is 1. The van der Waals surface area contributed by atoms with E-state index in [1.807, 2.05) is 37.5 Å². The maximum absolute atomic E-state index is 9.76. The summed E-state index contributed by atoms with van der Waals surface area (Å²) < 4.78 is 3.81. The number of benzene rings is 1. The molecule has 0 fully saturated rings. The minimum absolute atomic E-state index is 0.674. The quantitative estimate of drug-likeness (QED) is 0.587. The molecule has 0 saturated carbocycles. The molecule has 1 unspecified atom stereocenters. The summed E-state index contributed by atoms with van der Waals surface area (Å²) >= 11 is 6.43. The minimum atomic E-state index is -0.674. The first-order valence-electron chi connectivity index (χ1n) is 8.31. The third-order valence-corrected chi connectivity index (χ3v) is 4.84. The van der Waals surface area contributed by atoms with E-state index in [4.69, 9.17) is 11.6 Å². The van der Waals surface area contributed by atoms with Crippen molar-refractivity contribution in [3.05, 3.63) is 47.5 Å². The normalized spacial score (nSPS) is 13.0. The number of nitrogens with zero attached hydrogens (tertiary/aromatic N) is 4. The Morgan fingerprint density at radius 2 is 2.04 bits per heavy atom. The van der Waals surface area contributed by atoms with Crippen molar-refractivity contribution in [2.24, 2.45) is 0 Å². The molecule has 4 rings (SSSR count). The van der Waals surface area contributed by atoms with Crippen molar-refractivity contribution in [2.75, 3.05) is 0 Å². The molecule has 3 aromatic heterocycles.